The van der Waals surface area contributed by atoms with E-state index in [0.29, 0.717) is 34.4 Å². The predicted octanol–water partition coefficient (Wildman–Crippen LogP) is 4.18. The highest BCUT2D eigenvalue weighted by molar-refractivity contribution is 6.31. The van der Waals surface area contributed by atoms with Gasteiger partial charge < -0.3 is 24.3 Å². The molecule has 0 saturated heterocycles. The van der Waals surface area contributed by atoms with Gasteiger partial charge in [-0.25, -0.2) is 0 Å². The Bertz CT molecular complexity index is 889. The van der Waals surface area contributed by atoms with Gasteiger partial charge in [0.05, 0.1) is 21.3 Å². The van der Waals surface area contributed by atoms with E-state index in [1.807, 2.05) is 6.92 Å². The summed E-state index contributed by atoms with van der Waals surface area (Å²) in [4.78, 5) is 24.6. The maximum absolute atomic E-state index is 12.3. The standard InChI is InChI=1S/C22H26ClNO6/c1-13-6-8-16(23)12-17(13)24-22(26)14(2)30-20(25)9-7-15-10-18(27-3)21(29-5)19(11-15)28-4/h6,8,10-12,14H,7,9H2,1-5H3,(H,24,26). The number of rotatable bonds is 9. The first kappa shape index (κ1) is 23.3. The van der Waals surface area contributed by atoms with E-state index >= 15 is 0 Å². The molecule has 1 unspecified atom stereocenters. The average molecular weight is 436 g/mol. The van der Waals surface area contributed by atoms with E-state index in [1.54, 1.807) is 30.3 Å². The van der Waals surface area contributed by atoms with E-state index in [-0.39, 0.29) is 6.42 Å². The second-order valence-electron chi connectivity index (χ2n) is 6.61. The van der Waals surface area contributed by atoms with Gasteiger partial charge in [0.1, 0.15) is 0 Å². The molecule has 0 aliphatic rings. The highest BCUT2D eigenvalue weighted by Gasteiger charge is 2.19. The smallest absolute Gasteiger partial charge is 0.306 e. The van der Waals surface area contributed by atoms with Gasteiger partial charge >= 0.3 is 5.97 Å². The molecule has 0 aliphatic carbocycles. The van der Waals surface area contributed by atoms with Crippen molar-refractivity contribution in [2.24, 2.45) is 0 Å². The summed E-state index contributed by atoms with van der Waals surface area (Å²) in [7, 11) is 4.57. The number of benzene rings is 2. The lowest BCUT2D eigenvalue weighted by Crippen LogP contribution is -2.30. The molecule has 0 aromatic heterocycles. The Balaban J connectivity index is 1.95. The van der Waals surface area contributed by atoms with Gasteiger partial charge in [-0.3, -0.25) is 9.59 Å². The summed E-state index contributed by atoms with van der Waals surface area (Å²) in [6.07, 6.45) is -0.472. The minimum absolute atomic E-state index is 0.0897. The largest absolute Gasteiger partial charge is 0.493 e. The Morgan fingerprint density at radius 1 is 1.03 bits per heavy atom. The summed E-state index contributed by atoms with van der Waals surface area (Å²) in [5, 5.41) is 3.23. The minimum Gasteiger partial charge on any atom is -0.493 e. The molecule has 0 aliphatic heterocycles. The lowest BCUT2D eigenvalue weighted by molar-refractivity contribution is -0.153. The van der Waals surface area contributed by atoms with Crippen LogP contribution in [0.2, 0.25) is 5.02 Å². The third-order valence-electron chi connectivity index (χ3n) is 4.48. The third kappa shape index (κ3) is 6.03. The zero-order valence-corrected chi connectivity index (χ0v) is 18.5. The molecule has 1 atom stereocenters. The van der Waals surface area contributed by atoms with Crippen LogP contribution in [0.25, 0.3) is 0 Å². The second-order valence-corrected chi connectivity index (χ2v) is 7.05. The molecular formula is C22H26ClNO6. The number of hydrogen-bond acceptors (Lipinski definition) is 6. The van der Waals surface area contributed by atoms with Crippen molar-refractivity contribution < 1.29 is 28.5 Å². The molecule has 30 heavy (non-hydrogen) atoms. The fraction of sp³-hybridized carbons (Fsp3) is 0.364. The molecule has 0 fully saturated rings. The molecule has 2 aromatic carbocycles. The lowest BCUT2D eigenvalue weighted by atomic mass is 10.1. The molecule has 7 nitrogen and oxygen atoms in total. The van der Waals surface area contributed by atoms with Crippen LogP contribution in [-0.2, 0) is 20.7 Å². The maximum atomic E-state index is 12.3. The first-order valence-corrected chi connectivity index (χ1v) is 9.72. The zero-order valence-electron chi connectivity index (χ0n) is 17.7. The zero-order chi connectivity index (χ0) is 22.3. The molecule has 162 valence electrons. The maximum Gasteiger partial charge on any atom is 0.306 e. The molecular weight excluding hydrogens is 410 g/mol. The van der Waals surface area contributed by atoms with E-state index in [1.165, 1.54) is 28.3 Å². The second kappa shape index (κ2) is 10.7. The topological polar surface area (TPSA) is 83.1 Å². The van der Waals surface area contributed by atoms with Gasteiger partial charge in [0.2, 0.25) is 5.75 Å². The number of carbonyl (C=O) groups is 2. The van der Waals surface area contributed by atoms with E-state index in [2.05, 4.69) is 5.32 Å². The Kier molecular flexibility index (Phi) is 8.35. The van der Waals surface area contributed by atoms with Gasteiger partial charge in [-0.05, 0) is 55.7 Å². The van der Waals surface area contributed by atoms with Crippen molar-refractivity contribution in [1.29, 1.82) is 0 Å². The van der Waals surface area contributed by atoms with Crippen LogP contribution in [0, 0.1) is 6.92 Å². The SMILES string of the molecule is COc1cc(CCC(=O)OC(C)C(=O)Nc2cc(Cl)ccc2C)cc(OC)c1OC. The Morgan fingerprint density at radius 2 is 1.67 bits per heavy atom. The van der Waals surface area contributed by atoms with Crippen molar-refractivity contribution >= 4 is 29.2 Å². The molecule has 1 amide bonds. The molecule has 0 radical (unpaired) electrons. The Labute approximate surface area is 181 Å². The first-order valence-electron chi connectivity index (χ1n) is 9.34. The summed E-state index contributed by atoms with van der Waals surface area (Å²) in [5.41, 5.74) is 2.25. The number of amides is 1. The Hall–Kier alpha value is -2.93. The van der Waals surface area contributed by atoms with Crippen LogP contribution in [0.1, 0.15) is 24.5 Å². The summed E-state index contributed by atoms with van der Waals surface area (Å²) in [6.45, 7) is 3.37. The minimum atomic E-state index is -0.948. The number of nitrogens with one attached hydrogen (secondary N) is 1. The van der Waals surface area contributed by atoms with Crippen LogP contribution >= 0.6 is 11.6 Å². The van der Waals surface area contributed by atoms with Gasteiger partial charge in [0, 0.05) is 17.1 Å². The highest BCUT2D eigenvalue weighted by atomic mass is 35.5. The van der Waals surface area contributed by atoms with Crippen molar-refractivity contribution in [3.63, 3.8) is 0 Å². The predicted molar refractivity (Wildman–Crippen MR) is 115 cm³/mol. The summed E-state index contributed by atoms with van der Waals surface area (Å²) < 4.78 is 21.2. The van der Waals surface area contributed by atoms with E-state index < -0.39 is 18.0 Å². The molecule has 2 aromatic rings. The number of aryl methyl sites for hydroxylation is 2. The van der Waals surface area contributed by atoms with Gasteiger partial charge in [0.25, 0.3) is 5.91 Å². The fourth-order valence-corrected chi connectivity index (χ4v) is 2.97. The molecule has 0 bridgehead atoms. The lowest BCUT2D eigenvalue weighted by Gasteiger charge is -2.16. The summed E-state index contributed by atoms with van der Waals surface area (Å²) in [5.74, 6) is 0.568. The first-order chi connectivity index (χ1) is 14.3. The van der Waals surface area contributed by atoms with E-state index in [9.17, 15) is 9.59 Å². The Morgan fingerprint density at radius 3 is 2.23 bits per heavy atom. The monoisotopic (exact) mass is 435 g/mol. The van der Waals surface area contributed by atoms with Crippen LogP contribution in [0.5, 0.6) is 17.2 Å². The summed E-state index contributed by atoms with van der Waals surface area (Å²) >= 11 is 5.96. The number of carbonyl (C=O) groups excluding carboxylic acids is 2. The van der Waals surface area contributed by atoms with E-state index in [0.717, 1.165) is 11.1 Å². The molecule has 0 spiro atoms. The third-order valence-corrected chi connectivity index (χ3v) is 4.71. The molecule has 1 N–H and O–H groups in total. The van der Waals surface area contributed by atoms with Gasteiger partial charge in [-0.15, -0.1) is 0 Å². The van der Waals surface area contributed by atoms with Gasteiger partial charge in [-0.1, -0.05) is 17.7 Å². The number of ether oxygens (including phenoxy) is 4. The van der Waals surface area contributed by atoms with Crippen molar-refractivity contribution in [3.05, 3.63) is 46.5 Å². The number of methoxy groups -OCH3 is 3. The van der Waals surface area contributed by atoms with Crippen LogP contribution in [0.4, 0.5) is 5.69 Å². The normalized spacial score (nSPS) is 11.4. The van der Waals surface area contributed by atoms with Gasteiger partial charge in [-0.2, -0.15) is 0 Å². The van der Waals surface area contributed by atoms with Crippen molar-refractivity contribution in [3.8, 4) is 17.2 Å². The van der Waals surface area contributed by atoms with Crippen LogP contribution in [0.3, 0.4) is 0 Å². The molecule has 2 rings (SSSR count). The number of esters is 1. The van der Waals surface area contributed by atoms with Crippen LogP contribution < -0.4 is 19.5 Å². The number of anilines is 1. The summed E-state index contributed by atoms with van der Waals surface area (Å²) in [6, 6.07) is 8.72. The van der Waals surface area contributed by atoms with Crippen LogP contribution in [-0.4, -0.2) is 39.3 Å². The van der Waals surface area contributed by atoms with Gasteiger partial charge in [0.15, 0.2) is 17.6 Å². The molecule has 8 heteroatoms. The van der Waals surface area contributed by atoms with E-state index in [4.69, 9.17) is 30.5 Å². The molecule has 0 heterocycles. The van der Waals surface area contributed by atoms with Crippen molar-refractivity contribution in [2.45, 2.75) is 32.8 Å². The quantitative estimate of drug-likeness (QED) is 0.595. The van der Waals surface area contributed by atoms with Crippen molar-refractivity contribution in [2.75, 3.05) is 26.6 Å². The van der Waals surface area contributed by atoms with Crippen molar-refractivity contribution in [1.82, 2.24) is 0 Å². The highest BCUT2D eigenvalue weighted by Crippen LogP contribution is 2.38. The fourth-order valence-electron chi connectivity index (χ4n) is 2.80. The number of hydrogen-bond donors (Lipinski definition) is 1. The van der Waals surface area contributed by atoms with Crippen LogP contribution in [0.15, 0.2) is 30.3 Å². The average Bonchev–Trinajstić information content (AvgIpc) is 2.73. The molecule has 0 saturated carbocycles. The number of halogens is 1.